The van der Waals surface area contributed by atoms with Gasteiger partial charge in [-0.05, 0) is 29.7 Å². The number of nitrogens with zero attached hydrogens (tertiary/aromatic N) is 1. The fraction of sp³-hybridized carbons (Fsp3) is 0.231. The van der Waals surface area contributed by atoms with Crippen molar-refractivity contribution in [2.75, 3.05) is 11.9 Å². The standard InChI is InChI=1S/C13H14N2O3S/c16-6-5-10-1-3-12(4-2-10)14-8-11-7-13(15(17)18)19-9-11/h1-4,7,9,14,16H,5-6,8H2. The van der Waals surface area contributed by atoms with Gasteiger partial charge in [0.1, 0.15) is 0 Å². The smallest absolute Gasteiger partial charge is 0.324 e. The summed E-state index contributed by atoms with van der Waals surface area (Å²) >= 11 is 1.13. The van der Waals surface area contributed by atoms with Crippen LogP contribution in [0.25, 0.3) is 0 Å². The second-order valence-corrected chi connectivity index (χ2v) is 4.96. The van der Waals surface area contributed by atoms with Crippen LogP contribution >= 0.6 is 11.3 Å². The largest absolute Gasteiger partial charge is 0.396 e. The predicted octanol–water partition coefficient (Wildman–Crippen LogP) is 2.80. The Bertz CT molecular complexity index is 551. The quantitative estimate of drug-likeness (QED) is 0.629. The molecule has 0 atom stereocenters. The van der Waals surface area contributed by atoms with Crippen molar-refractivity contribution in [1.82, 2.24) is 0 Å². The topological polar surface area (TPSA) is 75.4 Å². The number of nitro groups is 1. The van der Waals surface area contributed by atoms with Gasteiger partial charge >= 0.3 is 5.00 Å². The van der Waals surface area contributed by atoms with E-state index in [9.17, 15) is 10.1 Å². The van der Waals surface area contributed by atoms with E-state index in [4.69, 9.17) is 5.11 Å². The number of aliphatic hydroxyl groups excluding tert-OH is 1. The Morgan fingerprint density at radius 2 is 2.00 bits per heavy atom. The van der Waals surface area contributed by atoms with Gasteiger partial charge in [-0.25, -0.2) is 0 Å². The van der Waals surface area contributed by atoms with Crippen LogP contribution < -0.4 is 5.32 Å². The lowest BCUT2D eigenvalue weighted by Crippen LogP contribution is -1.98. The molecule has 0 radical (unpaired) electrons. The SMILES string of the molecule is O=[N+]([O-])c1cc(CNc2ccc(CCO)cc2)cs1. The lowest BCUT2D eigenvalue weighted by atomic mass is 10.1. The number of hydrogen-bond acceptors (Lipinski definition) is 5. The van der Waals surface area contributed by atoms with Crippen molar-refractivity contribution < 1.29 is 10.0 Å². The summed E-state index contributed by atoms with van der Waals surface area (Å²) in [6, 6.07) is 9.36. The molecule has 0 aliphatic carbocycles. The summed E-state index contributed by atoms with van der Waals surface area (Å²) in [5, 5.41) is 24.5. The third-order valence-electron chi connectivity index (χ3n) is 2.67. The number of rotatable bonds is 6. The zero-order chi connectivity index (χ0) is 13.7. The lowest BCUT2D eigenvalue weighted by molar-refractivity contribution is -0.380. The highest BCUT2D eigenvalue weighted by atomic mass is 32.1. The molecule has 100 valence electrons. The molecule has 5 nitrogen and oxygen atoms in total. The molecule has 1 aromatic carbocycles. The molecule has 19 heavy (non-hydrogen) atoms. The maximum Gasteiger partial charge on any atom is 0.324 e. The molecule has 0 unspecified atom stereocenters. The Kier molecular flexibility index (Phi) is 4.48. The molecule has 0 aliphatic rings. The molecular weight excluding hydrogens is 264 g/mol. The molecule has 0 amide bonds. The zero-order valence-electron chi connectivity index (χ0n) is 10.2. The molecule has 2 rings (SSSR count). The third kappa shape index (κ3) is 3.77. The first-order valence-corrected chi connectivity index (χ1v) is 6.72. The van der Waals surface area contributed by atoms with Gasteiger partial charge in [0.25, 0.3) is 0 Å². The van der Waals surface area contributed by atoms with Crippen LogP contribution in [0.15, 0.2) is 35.7 Å². The number of thiophene rings is 1. The van der Waals surface area contributed by atoms with Crippen LogP contribution in [0.2, 0.25) is 0 Å². The van der Waals surface area contributed by atoms with Gasteiger partial charge in [-0.15, -0.1) is 0 Å². The highest BCUT2D eigenvalue weighted by molar-refractivity contribution is 7.13. The minimum Gasteiger partial charge on any atom is -0.396 e. The molecule has 0 spiro atoms. The zero-order valence-corrected chi connectivity index (χ0v) is 11.0. The Morgan fingerprint density at radius 3 is 2.58 bits per heavy atom. The maximum absolute atomic E-state index is 10.6. The van der Waals surface area contributed by atoms with E-state index in [1.54, 1.807) is 11.4 Å². The minimum absolute atomic E-state index is 0.144. The predicted molar refractivity (Wildman–Crippen MR) is 75.5 cm³/mol. The van der Waals surface area contributed by atoms with E-state index in [1.165, 1.54) is 0 Å². The van der Waals surface area contributed by atoms with E-state index in [2.05, 4.69) is 5.32 Å². The summed E-state index contributed by atoms with van der Waals surface area (Å²) in [6.45, 7) is 0.703. The normalized spacial score (nSPS) is 10.4. The molecule has 2 aromatic rings. The average molecular weight is 278 g/mol. The van der Waals surface area contributed by atoms with Crippen LogP contribution in [0.4, 0.5) is 10.7 Å². The summed E-state index contributed by atoms with van der Waals surface area (Å²) in [4.78, 5) is 10.2. The van der Waals surface area contributed by atoms with Crippen molar-refractivity contribution in [3.8, 4) is 0 Å². The third-order valence-corrected chi connectivity index (χ3v) is 3.60. The fourth-order valence-electron chi connectivity index (χ4n) is 1.67. The van der Waals surface area contributed by atoms with Crippen LogP contribution in [0.3, 0.4) is 0 Å². The van der Waals surface area contributed by atoms with Crippen LogP contribution in [0, 0.1) is 10.1 Å². The summed E-state index contributed by atoms with van der Waals surface area (Å²) in [7, 11) is 0. The maximum atomic E-state index is 10.6. The van der Waals surface area contributed by atoms with Gasteiger partial charge in [-0.2, -0.15) is 0 Å². The van der Waals surface area contributed by atoms with Crippen molar-refractivity contribution in [3.05, 3.63) is 57.0 Å². The molecule has 0 saturated heterocycles. The van der Waals surface area contributed by atoms with E-state index in [0.29, 0.717) is 13.0 Å². The first-order chi connectivity index (χ1) is 9.19. The highest BCUT2D eigenvalue weighted by Crippen LogP contribution is 2.23. The molecule has 6 heteroatoms. The second-order valence-electron chi connectivity index (χ2n) is 4.07. The van der Waals surface area contributed by atoms with Gasteiger partial charge in [-0.3, -0.25) is 10.1 Å². The Labute approximate surface area is 114 Å². The van der Waals surface area contributed by atoms with Crippen molar-refractivity contribution in [2.24, 2.45) is 0 Å². The summed E-state index contributed by atoms with van der Waals surface area (Å²) in [5.74, 6) is 0. The Balaban J connectivity index is 1.92. The molecule has 0 fully saturated rings. The van der Waals surface area contributed by atoms with E-state index in [0.717, 1.165) is 28.2 Å². The van der Waals surface area contributed by atoms with Crippen molar-refractivity contribution in [3.63, 3.8) is 0 Å². The lowest BCUT2D eigenvalue weighted by Gasteiger charge is -2.05. The molecule has 0 saturated carbocycles. The summed E-state index contributed by atoms with van der Waals surface area (Å²) in [6.07, 6.45) is 0.650. The highest BCUT2D eigenvalue weighted by Gasteiger charge is 2.08. The van der Waals surface area contributed by atoms with Crippen molar-refractivity contribution in [1.29, 1.82) is 0 Å². The summed E-state index contributed by atoms with van der Waals surface area (Å²) < 4.78 is 0. The second kappa shape index (κ2) is 6.31. The first kappa shape index (κ1) is 13.5. The van der Waals surface area contributed by atoms with E-state index in [1.807, 2.05) is 24.3 Å². The van der Waals surface area contributed by atoms with Crippen LogP contribution in [-0.4, -0.2) is 16.6 Å². The van der Waals surface area contributed by atoms with E-state index in [-0.39, 0.29) is 16.5 Å². The molecular formula is C13H14N2O3S. The number of anilines is 1. The van der Waals surface area contributed by atoms with Gasteiger partial charge in [0.05, 0.1) is 4.92 Å². The number of aliphatic hydroxyl groups is 1. The van der Waals surface area contributed by atoms with Gasteiger partial charge in [0.15, 0.2) is 0 Å². The average Bonchev–Trinajstić information content (AvgIpc) is 2.87. The first-order valence-electron chi connectivity index (χ1n) is 5.84. The van der Waals surface area contributed by atoms with Gasteiger partial charge in [0, 0.05) is 30.3 Å². The number of nitrogens with one attached hydrogen (secondary N) is 1. The molecule has 0 aliphatic heterocycles. The fourth-order valence-corrected chi connectivity index (χ4v) is 2.40. The van der Waals surface area contributed by atoms with Gasteiger partial charge < -0.3 is 10.4 Å². The van der Waals surface area contributed by atoms with Gasteiger partial charge in [-0.1, -0.05) is 23.5 Å². The minimum atomic E-state index is -0.377. The summed E-state index contributed by atoms with van der Waals surface area (Å²) in [5.41, 5.74) is 2.94. The number of benzene rings is 1. The molecule has 1 heterocycles. The van der Waals surface area contributed by atoms with E-state index < -0.39 is 0 Å². The van der Waals surface area contributed by atoms with Crippen LogP contribution in [-0.2, 0) is 13.0 Å². The van der Waals surface area contributed by atoms with Crippen molar-refractivity contribution in [2.45, 2.75) is 13.0 Å². The van der Waals surface area contributed by atoms with Gasteiger partial charge in [0.2, 0.25) is 0 Å². The van der Waals surface area contributed by atoms with Crippen LogP contribution in [0.1, 0.15) is 11.1 Å². The monoisotopic (exact) mass is 278 g/mol. The van der Waals surface area contributed by atoms with E-state index >= 15 is 0 Å². The van der Waals surface area contributed by atoms with Crippen LogP contribution in [0.5, 0.6) is 0 Å². The van der Waals surface area contributed by atoms with Crippen molar-refractivity contribution >= 4 is 22.0 Å². The molecule has 0 bridgehead atoms. The molecule has 1 aromatic heterocycles. The molecule has 2 N–H and O–H groups in total. The Morgan fingerprint density at radius 1 is 1.26 bits per heavy atom. The number of hydrogen-bond donors (Lipinski definition) is 2. The Hall–Kier alpha value is -1.92.